The second-order valence-electron chi connectivity index (χ2n) is 4.64. The molecule has 0 bridgehead atoms. The Morgan fingerprint density at radius 2 is 1.57 bits per heavy atom. The summed E-state index contributed by atoms with van der Waals surface area (Å²) in [5, 5.41) is 0. The molecule has 0 amide bonds. The van der Waals surface area contributed by atoms with Crippen molar-refractivity contribution in [2.45, 2.75) is 46.0 Å². The first-order valence-electron chi connectivity index (χ1n) is 5.75. The van der Waals surface area contributed by atoms with Crippen LogP contribution in [0.15, 0.2) is 30.3 Å². The summed E-state index contributed by atoms with van der Waals surface area (Å²) >= 11 is 0. The minimum absolute atomic E-state index is 0.718. The van der Waals surface area contributed by atoms with E-state index < -0.39 is 0 Å². The van der Waals surface area contributed by atoms with Crippen molar-refractivity contribution in [3.63, 3.8) is 0 Å². The van der Waals surface area contributed by atoms with Gasteiger partial charge in [0.2, 0.25) is 0 Å². The summed E-state index contributed by atoms with van der Waals surface area (Å²) in [5.74, 6) is 1.56. The normalized spacial score (nSPS) is 13.1. The summed E-state index contributed by atoms with van der Waals surface area (Å²) in [6.45, 7) is 6.93. The van der Waals surface area contributed by atoms with Crippen LogP contribution in [0.4, 0.5) is 0 Å². The Labute approximate surface area is 88.4 Å². The largest absolute Gasteiger partial charge is 0.0628 e. The lowest BCUT2D eigenvalue weighted by atomic mass is 9.94. The highest BCUT2D eigenvalue weighted by atomic mass is 14.1. The van der Waals surface area contributed by atoms with Gasteiger partial charge in [-0.05, 0) is 23.8 Å². The van der Waals surface area contributed by atoms with E-state index in [0.717, 1.165) is 11.8 Å². The molecule has 78 valence electrons. The molecule has 0 aliphatic heterocycles. The molecule has 0 aliphatic carbocycles. The number of hydrogen-bond donors (Lipinski definition) is 0. The average molecular weight is 190 g/mol. The summed E-state index contributed by atoms with van der Waals surface area (Å²) in [5.41, 5.74) is 1.48. The molecule has 0 saturated carbocycles. The van der Waals surface area contributed by atoms with Crippen LogP contribution >= 0.6 is 0 Å². The Morgan fingerprint density at radius 3 is 2.14 bits per heavy atom. The van der Waals surface area contributed by atoms with Crippen molar-refractivity contribution in [3.8, 4) is 0 Å². The molecule has 1 unspecified atom stereocenters. The predicted molar refractivity (Wildman–Crippen MR) is 63.5 cm³/mol. The number of hydrogen-bond acceptors (Lipinski definition) is 0. The fraction of sp³-hybridized carbons (Fsp3) is 0.571. The Morgan fingerprint density at radius 1 is 0.929 bits per heavy atom. The highest BCUT2D eigenvalue weighted by Gasteiger charge is 2.04. The van der Waals surface area contributed by atoms with Gasteiger partial charge in [0.1, 0.15) is 0 Å². The van der Waals surface area contributed by atoms with Crippen molar-refractivity contribution in [2.24, 2.45) is 5.92 Å². The van der Waals surface area contributed by atoms with Gasteiger partial charge in [0.25, 0.3) is 0 Å². The van der Waals surface area contributed by atoms with Gasteiger partial charge in [-0.1, -0.05) is 63.9 Å². The molecular formula is C14H22. The summed E-state index contributed by atoms with van der Waals surface area (Å²) in [7, 11) is 0. The van der Waals surface area contributed by atoms with Crippen LogP contribution in [0.25, 0.3) is 0 Å². The van der Waals surface area contributed by atoms with Crippen LogP contribution in [0.2, 0.25) is 0 Å². The quantitative estimate of drug-likeness (QED) is 0.635. The smallest absolute Gasteiger partial charge is 0.0190 e. The zero-order valence-corrected chi connectivity index (χ0v) is 9.66. The molecular weight excluding hydrogens is 168 g/mol. The SMILES string of the molecule is CC(C)CCCC(C)c1ccccc1. The molecule has 0 heteroatoms. The molecule has 0 nitrogen and oxygen atoms in total. The fourth-order valence-corrected chi connectivity index (χ4v) is 1.78. The fourth-order valence-electron chi connectivity index (χ4n) is 1.78. The third-order valence-corrected chi connectivity index (χ3v) is 2.79. The van der Waals surface area contributed by atoms with Gasteiger partial charge in [-0.2, -0.15) is 0 Å². The molecule has 0 N–H and O–H groups in total. The van der Waals surface area contributed by atoms with E-state index in [1.54, 1.807) is 0 Å². The molecule has 1 rings (SSSR count). The van der Waals surface area contributed by atoms with Crippen LogP contribution in [-0.2, 0) is 0 Å². The second-order valence-corrected chi connectivity index (χ2v) is 4.64. The summed E-state index contributed by atoms with van der Waals surface area (Å²) in [6, 6.07) is 10.8. The highest BCUT2D eigenvalue weighted by molar-refractivity contribution is 5.18. The van der Waals surface area contributed by atoms with Crippen molar-refractivity contribution in [2.75, 3.05) is 0 Å². The van der Waals surface area contributed by atoms with Crippen molar-refractivity contribution in [3.05, 3.63) is 35.9 Å². The molecule has 0 aliphatic rings. The summed E-state index contributed by atoms with van der Waals surface area (Å²) in [6.07, 6.45) is 4.03. The van der Waals surface area contributed by atoms with Gasteiger partial charge in [-0.3, -0.25) is 0 Å². The monoisotopic (exact) mass is 190 g/mol. The van der Waals surface area contributed by atoms with Crippen LogP contribution in [0.5, 0.6) is 0 Å². The second kappa shape index (κ2) is 5.85. The Balaban J connectivity index is 2.32. The van der Waals surface area contributed by atoms with Gasteiger partial charge in [0.05, 0.1) is 0 Å². The van der Waals surface area contributed by atoms with Crippen LogP contribution < -0.4 is 0 Å². The van der Waals surface area contributed by atoms with E-state index in [1.165, 1.54) is 24.8 Å². The van der Waals surface area contributed by atoms with Gasteiger partial charge < -0.3 is 0 Å². The standard InChI is InChI=1S/C14H22/c1-12(2)8-7-9-13(3)14-10-5-4-6-11-14/h4-6,10-13H,7-9H2,1-3H3. The average Bonchev–Trinajstić information content (AvgIpc) is 2.18. The van der Waals surface area contributed by atoms with Crippen LogP contribution in [0.1, 0.15) is 51.5 Å². The minimum atomic E-state index is 0.718. The zero-order valence-electron chi connectivity index (χ0n) is 9.66. The molecule has 0 radical (unpaired) electrons. The van der Waals surface area contributed by atoms with Gasteiger partial charge in [-0.15, -0.1) is 0 Å². The van der Waals surface area contributed by atoms with Crippen molar-refractivity contribution < 1.29 is 0 Å². The van der Waals surface area contributed by atoms with E-state index in [0.29, 0.717) is 0 Å². The Hall–Kier alpha value is -0.780. The van der Waals surface area contributed by atoms with Gasteiger partial charge in [0, 0.05) is 0 Å². The molecule has 0 saturated heterocycles. The van der Waals surface area contributed by atoms with Crippen molar-refractivity contribution in [1.29, 1.82) is 0 Å². The topological polar surface area (TPSA) is 0 Å². The molecule has 14 heavy (non-hydrogen) atoms. The first-order valence-corrected chi connectivity index (χ1v) is 5.75. The van der Waals surface area contributed by atoms with E-state index in [9.17, 15) is 0 Å². The van der Waals surface area contributed by atoms with Crippen molar-refractivity contribution >= 4 is 0 Å². The lowest BCUT2D eigenvalue weighted by Gasteiger charge is -2.12. The van der Waals surface area contributed by atoms with Gasteiger partial charge in [0.15, 0.2) is 0 Å². The van der Waals surface area contributed by atoms with E-state index in [2.05, 4.69) is 51.1 Å². The molecule has 1 aromatic rings. The third kappa shape index (κ3) is 3.95. The van der Waals surface area contributed by atoms with Crippen LogP contribution in [0.3, 0.4) is 0 Å². The maximum absolute atomic E-state index is 2.33. The van der Waals surface area contributed by atoms with E-state index in [-0.39, 0.29) is 0 Å². The number of rotatable bonds is 5. The Bertz CT molecular complexity index is 235. The Kier molecular flexibility index (Phi) is 4.72. The maximum atomic E-state index is 2.33. The van der Waals surface area contributed by atoms with Crippen LogP contribution in [0, 0.1) is 5.92 Å². The first kappa shape index (κ1) is 11.3. The molecule has 0 aromatic heterocycles. The lowest BCUT2D eigenvalue weighted by molar-refractivity contribution is 0.512. The molecule has 1 atom stereocenters. The molecule has 1 aromatic carbocycles. The third-order valence-electron chi connectivity index (χ3n) is 2.79. The van der Waals surface area contributed by atoms with Crippen LogP contribution in [-0.4, -0.2) is 0 Å². The van der Waals surface area contributed by atoms with Gasteiger partial charge >= 0.3 is 0 Å². The van der Waals surface area contributed by atoms with E-state index in [1.807, 2.05) is 0 Å². The van der Waals surface area contributed by atoms with E-state index in [4.69, 9.17) is 0 Å². The van der Waals surface area contributed by atoms with Gasteiger partial charge in [-0.25, -0.2) is 0 Å². The molecule has 0 heterocycles. The molecule has 0 fully saturated rings. The van der Waals surface area contributed by atoms with E-state index >= 15 is 0 Å². The summed E-state index contributed by atoms with van der Waals surface area (Å²) in [4.78, 5) is 0. The highest BCUT2D eigenvalue weighted by Crippen LogP contribution is 2.21. The summed E-state index contributed by atoms with van der Waals surface area (Å²) < 4.78 is 0. The maximum Gasteiger partial charge on any atom is -0.0190 e. The predicted octanol–water partition coefficient (Wildman–Crippen LogP) is 4.62. The minimum Gasteiger partial charge on any atom is -0.0628 e. The lowest BCUT2D eigenvalue weighted by Crippen LogP contribution is -1.95. The van der Waals surface area contributed by atoms with Crippen molar-refractivity contribution in [1.82, 2.24) is 0 Å². The molecule has 0 spiro atoms. The first-order chi connectivity index (χ1) is 6.70. The zero-order chi connectivity index (χ0) is 10.4. The number of benzene rings is 1.